The minimum atomic E-state index is -0.487. The molecule has 88 valence electrons. The van der Waals surface area contributed by atoms with Crippen LogP contribution in [0.3, 0.4) is 0 Å². The normalized spacial score (nSPS) is 12.3. The van der Waals surface area contributed by atoms with E-state index in [9.17, 15) is 9.90 Å². The average Bonchev–Trinajstić information content (AvgIpc) is 2.16. The maximum atomic E-state index is 11.4. The molecular formula is C12H18N2O2. The molecule has 0 aromatic heterocycles. The zero-order valence-electron chi connectivity index (χ0n) is 9.82. The van der Waals surface area contributed by atoms with Crippen LogP contribution in [-0.4, -0.2) is 17.2 Å². The number of rotatable bonds is 3. The van der Waals surface area contributed by atoms with Gasteiger partial charge < -0.3 is 15.7 Å². The number of urea groups is 1. The number of hydrogen-bond acceptors (Lipinski definition) is 2. The van der Waals surface area contributed by atoms with Gasteiger partial charge in [0.25, 0.3) is 0 Å². The molecule has 0 fully saturated rings. The first-order valence-corrected chi connectivity index (χ1v) is 5.34. The van der Waals surface area contributed by atoms with E-state index in [4.69, 9.17) is 0 Å². The number of anilines is 1. The number of amides is 2. The molecule has 3 N–H and O–H groups in total. The predicted molar refractivity (Wildman–Crippen MR) is 64.4 cm³/mol. The van der Waals surface area contributed by atoms with Crippen molar-refractivity contribution in [2.24, 2.45) is 0 Å². The summed E-state index contributed by atoms with van der Waals surface area (Å²) < 4.78 is 0. The summed E-state index contributed by atoms with van der Waals surface area (Å²) in [5.74, 6) is 0. The largest absolute Gasteiger partial charge is 0.389 e. The second-order valence-corrected chi connectivity index (χ2v) is 4.05. The van der Waals surface area contributed by atoms with Crippen molar-refractivity contribution in [3.05, 3.63) is 29.8 Å². The third-order valence-electron chi connectivity index (χ3n) is 2.07. The highest BCUT2D eigenvalue weighted by Gasteiger charge is 2.04. The van der Waals surface area contributed by atoms with Gasteiger partial charge in [0.15, 0.2) is 0 Å². The highest BCUT2D eigenvalue weighted by molar-refractivity contribution is 5.89. The van der Waals surface area contributed by atoms with Gasteiger partial charge in [-0.1, -0.05) is 12.1 Å². The number of aliphatic hydroxyl groups excluding tert-OH is 1. The summed E-state index contributed by atoms with van der Waals surface area (Å²) in [7, 11) is 0. The summed E-state index contributed by atoms with van der Waals surface area (Å²) in [6.07, 6.45) is -0.487. The van der Waals surface area contributed by atoms with Gasteiger partial charge >= 0.3 is 6.03 Å². The highest BCUT2D eigenvalue weighted by Crippen LogP contribution is 2.15. The number of benzene rings is 1. The summed E-state index contributed by atoms with van der Waals surface area (Å²) >= 11 is 0. The van der Waals surface area contributed by atoms with Crippen LogP contribution in [0.15, 0.2) is 24.3 Å². The highest BCUT2D eigenvalue weighted by atomic mass is 16.3. The van der Waals surface area contributed by atoms with Gasteiger partial charge in [-0.05, 0) is 38.5 Å². The smallest absolute Gasteiger partial charge is 0.319 e. The van der Waals surface area contributed by atoms with E-state index in [-0.39, 0.29) is 12.1 Å². The maximum Gasteiger partial charge on any atom is 0.319 e. The second-order valence-electron chi connectivity index (χ2n) is 4.05. The Morgan fingerprint density at radius 2 is 1.75 bits per heavy atom. The molecule has 0 aliphatic heterocycles. The molecule has 2 amide bonds. The van der Waals surface area contributed by atoms with Crippen LogP contribution in [0.1, 0.15) is 32.4 Å². The van der Waals surface area contributed by atoms with Gasteiger partial charge in [0.2, 0.25) is 0 Å². The fourth-order valence-electron chi connectivity index (χ4n) is 1.27. The van der Waals surface area contributed by atoms with Gasteiger partial charge in [0, 0.05) is 11.7 Å². The van der Waals surface area contributed by atoms with Gasteiger partial charge in [0.05, 0.1) is 6.10 Å². The third kappa shape index (κ3) is 3.90. The minimum absolute atomic E-state index is 0.108. The molecule has 0 saturated carbocycles. The summed E-state index contributed by atoms with van der Waals surface area (Å²) in [4.78, 5) is 11.4. The summed E-state index contributed by atoms with van der Waals surface area (Å²) in [6.45, 7) is 5.50. The van der Waals surface area contributed by atoms with Crippen LogP contribution >= 0.6 is 0 Å². The molecule has 1 rings (SSSR count). The van der Waals surface area contributed by atoms with E-state index in [1.165, 1.54) is 0 Å². The van der Waals surface area contributed by atoms with Crippen LogP contribution in [0.5, 0.6) is 0 Å². The van der Waals surface area contributed by atoms with Crippen LogP contribution in [0, 0.1) is 0 Å². The van der Waals surface area contributed by atoms with Gasteiger partial charge in [-0.3, -0.25) is 0 Å². The minimum Gasteiger partial charge on any atom is -0.389 e. The number of aliphatic hydroxyl groups is 1. The topological polar surface area (TPSA) is 61.4 Å². The van der Waals surface area contributed by atoms with Crippen LogP contribution in [0.25, 0.3) is 0 Å². The SMILES string of the molecule is CC(C)NC(=O)Nc1ccc(C(C)O)cc1. The Balaban J connectivity index is 2.58. The van der Waals surface area contributed by atoms with E-state index >= 15 is 0 Å². The lowest BCUT2D eigenvalue weighted by atomic mass is 10.1. The van der Waals surface area contributed by atoms with E-state index < -0.39 is 6.10 Å². The van der Waals surface area contributed by atoms with Crippen LogP contribution in [-0.2, 0) is 0 Å². The molecule has 1 atom stereocenters. The Morgan fingerprint density at radius 1 is 1.19 bits per heavy atom. The zero-order valence-corrected chi connectivity index (χ0v) is 9.82. The fraction of sp³-hybridized carbons (Fsp3) is 0.417. The average molecular weight is 222 g/mol. The molecule has 0 bridgehead atoms. The van der Waals surface area contributed by atoms with Crippen molar-refractivity contribution in [3.8, 4) is 0 Å². The van der Waals surface area contributed by atoms with Crippen molar-refractivity contribution in [1.82, 2.24) is 5.32 Å². The molecule has 1 unspecified atom stereocenters. The van der Waals surface area contributed by atoms with Crippen LogP contribution in [0.2, 0.25) is 0 Å². The molecule has 0 heterocycles. The Bertz CT molecular complexity index is 345. The van der Waals surface area contributed by atoms with Crippen molar-refractivity contribution < 1.29 is 9.90 Å². The Kier molecular flexibility index (Phi) is 4.31. The van der Waals surface area contributed by atoms with Gasteiger partial charge in [-0.25, -0.2) is 4.79 Å². The van der Waals surface area contributed by atoms with Crippen molar-refractivity contribution in [2.75, 3.05) is 5.32 Å². The van der Waals surface area contributed by atoms with Crippen LogP contribution in [0.4, 0.5) is 10.5 Å². The zero-order chi connectivity index (χ0) is 12.1. The fourth-order valence-corrected chi connectivity index (χ4v) is 1.27. The lowest BCUT2D eigenvalue weighted by Crippen LogP contribution is -2.34. The van der Waals surface area contributed by atoms with E-state index in [0.717, 1.165) is 5.56 Å². The molecule has 0 aliphatic rings. The summed E-state index contributed by atoms with van der Waals surface area (Å²) in [5.41, 5.74) is 1.54. The Morgan fingerprint density at radius 3 is 2.19 bits per heavy atom. The molecule has 4 nitrogen and oxygen atoms in total. The lowest BCUT2D eigenvalue weighted by Gasteiger charge is -2.11. The molecule has 0 radical (unpaired) electrons. The summed E-state index contributed by atoms with van der Waals surface area (Å²) in [6, 6.07) is 6.99. The predicted octanol–water partition coefficient (Wildman–Crippen LogP) is 2.27. The van der Waals surface area contributed by atoms with E-state index in [2.05, 4.69) is 10.6 Å². The molecule has 1 aromatic carbocycles. The molecule has 4 heteroatoms. The van der Waals surface area contributed by atoms with Crippen molar-refractivity contribution in [1.29, 1.82) is 0 Å². The van der Waals surface area contributed by atoms with E-state index in [1.54, 1.807) is 31.2 Å². The molecule has 0 spiro atoms. The molecule has 16 heavy (non-hydrogen) atoms. The number of carbonyl (C=O) groups excluding carboxylic acids is 1. The lowest BCUT2D eigenvalue weighted by molar-refractivity contribution is 0.199. The van der Waals surface area contributed by atoms with Crippen molar-refractivity contribution >= 4 is 11.7 Å². The van der Waals surface area contributed by atoms with Crippen LogP contribution < -0.4 is 10.6 Å². The van der Waals surface area contributed by atoms with E-state index in [0.29, 0.717) is 5.69 Å². The first kappa shape index (κ1) is 12.5. The first-order valence-electron chi connectivity index (χ1n) is 5.34. The number of nitrogens with one attached hydrogen (secondary N) is 2. The quantitative estimate of drug-likeness (QED) is 0.734. The Hall–Kier alpha value is -1.55. The third-order valence-corrected chi connectivity index (χ3v) is 2.07. The maximum absolute atomic E-state index is 11.4. The van der Waals surface area contributed by atoms with Gasteiger partial charge in [-0.2, -0.15) is 0 Å². The molecule has 0 saturated heterocycles. The first-order chi connectivity index (χ1) is 7.49. The summed E-state index contributed by atoms with van der Waals surface area (Å²) in [5, 5.41) is 14.8. The van der Waals surface area contributed by atoms with Crippen molar-refractivity contribution in [3.63, 3.8) is 0 Å². The monoisotopic (exact) mass is 222 g/mol. The molecule has 0 aliphatic carbocycles. The second kappa shape index (κ2) is 5.51. The van der Waals surface area contributed by atoms with Crippen molar-refractivity contribution in [2.45, 2.75) is 32.9 Å². The molecule has 1 aromatic rings. The number of hydrogen-bond donors (Lipinski definition) is 3. The van der Waals surface area contributed by atoms with E-state index in [1.807, 2.05) is 13.8 Å². The molecular weight excluding hydrogens is 204 g/mol. The standard InChI is InChI=1S/C12H18N2O2/c1-8(2)13-12(16)14-11-6-4-10(5-7-11)9(3)15/h4-9,15H,1-3H3,(H2,13,14,16). The Labute approximate surface area is 95.7 Å². The number of carbonyl (C=O) groups is 1. The van der Waals surface area contributed by atoms with Gasteiger partial charge in [0.1, 0.15) is 0 Å². The van der Waals surface area contributed by atoms with Gasteiger partial charge in [-0.15, -0.1) is 0 Å².